The molecule has 0 amide bonds. The van der Waals surface area contributed by atoms with Gasteiger partial charge in [0.2, 0.25) is 0 Å². The van der Waals surface area contributed by atoms with E-state index in [-0.39, 0.29) is 6.04 Å². The van der Waals surface area contributed by atoms with Crippen molar-refractivity contribution in [3.05, 3.63) is 56.7 Å². The lowest BCUT2D eigenvalue weighted by atomic mass is 9.89. The van der Waals surface area contributed by atoms with E-state index in [1.807, 2.05) is 0 Å². The Bertz CT molecular complexity index is 625. The third kappa shape index (κ3) is 4.32. The molecule has 2 heterocycles. The predicted octanol–water partition coefficient (Wildman–Crippen LogP) is 4.10. The number of likely N-dealkylation sites (tertiary alicyclic amines) is 1. The van der Waals surface area contributed by atoms with E-state index in [2.05, 4.69) is 47.5 Å². The van der Waals surface area contributed by atoms with Gasteiger partial charge in [0.05, 0.1) is 4.34 Å². The van der Waals surface area contributed by atoms with Crippen molar-refractivity contribution >= 4 is 22.9 Å². The van der Waals surface area contributed by atoms with Crippen molar-refractivity contribution in [2.45, 2.75) is 32.4 Å². The molecule has 1 aromatic heterocycles. The number of benzene rings is 1. The second-order valence-corrected chi connectivity index (χ2v) is 8.05. The molecule has 118 valence electrons. The molecule has 1 aromatic carbocycles. The van der Waals surface area contributed by atoms with Gasteiger partial charge in [0, 0.05) is 25.7 Å². The van der Waals surface area contributed by atoms with Crippen molar-refractivity contribution in [1.29, 1.82) is 0 Å². The molecular weight excluding hydrogens is 312 g/mol. The van der Waals surface area contributed by atoms with Crippen LogP contribution in [0.2, 0.25) is 4.34 Å². The maximum Gasteiger partial charge on any atom is 0.0931 e. The number of aryl methyl sites for hydroxylation is 1. The third-order valence-electron chi connectivity index (χ3n) is 4.28. The van der Waals surface area contributed by atoms with Crippen LogP contribution in [-0.2, 0) is 13.0 Å². The first-order valence-electron chi connectivity index (χ1n) is 7.85. The Morgan fingerprint density at radius 2 is 2.14 bits per heavy atom. The average Bonchev–Trinajstić information content (AvgIpc) is 2.83. The largest absolute Gasteiger partial charge is 0.327 e. The van der Waals surface area contributed by atoms with Gasteiger partial charge in [0.15, 0.2) is 0 Å². The smallest absolute Gasteiger partial charge is 0.0931 e. The van der Waals surface area contributed by atoms with Crippen LogP contribution in [0, 0.1) is 12.8 Å². The average molecular weight is 335 g/mol. The molecule has 2 atom stereocenters. The van der Waals surface area contributed by atoms with Gasteiger partial charge >= 0.3 is 0 Å². The van der Waals surface area contributed by atoms with Gasteiger partial charge in [0.1, 0.15) is 0 Å². The molecule has 0 aliphatic carbocycles. The van der Waals surface area contributed by atoms with E-state index in [0.717, 1.165) is 36.8 Å². The van der Waals surface area contributed by atoms with Crippen molar-refractivity contribution in [3.8, 4) is 0 Å². The molecule has 1 aliphatic heterocycles. The van der Waals surface area contributed by atoms with Gasteiger partial charge in [-0.15, -0.1) is 11.3 Å². The van der Waals surface area contributed by atoms with Crippen LogP contribution in [0.3, 0.4) is 0 Å². The molecule has 2 nitrogen and oxygen atoms in total. The van der Waals surface area contributed by atoms with Crippen LogP contribution >= 0.6 is 22.9 Å². The summed E-state index contributed by atoms with van der Waals surface area (Å²) in [6.45, 7) is 5.26. The summed E-state index contributed by atoms with van der Waals surface area (Å²) >= 11 is 7.66. The van der Waals surface area contributed by atoms with Crippen molar-refractivity contribution in [1.82, 2.24) is 4.90 Å². The lowest BCUT2D eigenvalue weighted by molar-refractivity contribution is 0.149. The summed E-state index contributed by atoms with van der Waals surface area (Å²) in [5, 5.41) is 2.17. The van der Waals surface area contributed by atoms with Crippen molar-refractivity contribution < 1.29 is 0 Å². The topological polar surface area (TPSA) is 29.3 Å². The van der Waals surface area contributed by atoms with Gasteiger partial charge in [-0.2, -0.15) is 0 Å². The zero-order chi connectivity index (χ0) is 15.5. The normalized spacial score (nSPS) is 22.9. The molecule has 0 bridgehead atoms. The van der Waals surface area contributed by atoms with Crippen LogP contribution in [0.15, 0.2) is 35.7 Å². The Kier molecular flexibility index (Phi) is 5.19. The first-order valence-corrected chi connectivity index (χ1v) is 9.10. The van der Waals surface area contributed by atoms with Crippen molar-refractivity contribution in [2.24, 2.45) is 11.7 Å². The second-order valence-electron chi connectivity index (χ2n) is 6.51. The van der Waals surface area contributed by atoms with E-state index in [1.54, 1.807) is 11.3 Å². The fourth-order valence-electron chi connectivity index (χ4n) is 3.48. The molecule has 1 aliphatic rings. The maximum atomic E-state index is 6.29. The van der Waals surface area contributed by atoms with Crippen LogP contribution < -0.4 is 5.73 Å². The second kappa shape index (κ2) is 7.14. The summed E-state index contributed by atoms with van der Waals surface area (Å²) in [6.07, 6.45) is 2.19. The van der Waals surface area contributed by atoms with Gasteiger partial charge in [-0.05, 0) is 48.3 Å². The van der Waals surface area contributed by atoms with Crippen LogP contribution in [-0.4, -0.2) is 24.0 Å². The molecule has 0 saturated carbocycles. The van der Waals surface area contributed by atoms with Crippen LogP contribution in [0.5, 0.6) is 0 Å². The molecule has 0 radical (unpaired) electrons. The molecule has 1 fully saturated rings. The van der Waals surface area contributed by atoms with E-state index in [4.69, 9.17) is 17.3 Å². The van der Waals surface area contributed by atoms with Crippen molar-refractivity contribution in [3.63, 3.8) is 0 Å². The SMILES string of the molecule is Cc1cccc(CN2CC(N)CC(Cc3csc(Cl)c3)C2)c1. The first-order chi connectivity index (χ1) is 10.6. The van der Waals surface area contributed by atoms with E-state index in [0.29, 0.717) is 5.92 Å². The summed E-state index contributed by atoms with van der Waals surface area (Å²) in [6, 6.07) is 11.1. The summed E-state index contributed by atoms with van der Waals surface area (Å²) in [7, 11) is 0. The minimum atomic E-state index is 0.276. The highest BCUT2D eigenvalue weighted by Crippen LogP contribution is 2.26. The quantitative estimate of drug-likeness (QED) is 0.912. The van der Waals surface area contributed by atoms with Crippen LogP contribution in [0.25, 0.3) is 0 Å². The fraction of sp³-hybridized carbons (Fsp3) is 0.444. The molecule has 4 heteroatoms. The lowest BCUT2D eigenvalue weighted by Gasteiger charge is -2.36. The lowest BCUT2D eigenvalue weighted by Crippen LogP contribution is -2.47. The van der Waals surface area contributed by atoms with E-state index < -0.39 is 0 Å². The number of thiophene rings is 1. The summed E-state index contributed by atoms with van der Waals surface area (Å²) in [4.78, 5) is 2.50. The summed E-state index contributed by atoms with van der Waals surface area (Å²) in [5.41, 5.74) is 10.3. The number of nitrogens with two attached hydrogens (primary N) is 1. The molecule has 3 rings (SSSR count). The highest BCUT2D eigenvalue weighted by molar-refractivity contribution is 7.14. The zero-order valence-electron chi connectivity index (χ0n) is 13.0. The van der Waals surface area contributed by atoms with Gasteiger partial charge in [-0.3, -0.25) is 4.90 Å². The summed E-state index contributed by atoms with van der Waals surface area (Å²) < 4.78 is 0.881. The van der Waals surface area contributed by atoms with Gasteiger partial charge in [0.25, 0.3) is 0 Å². The molecule has 2 aromatic rings. The highest BCUT2D eigenvalue weighted by Gasteiger charge is 2.25. The molecular formula is C18H23ClN2S. The molecule has 2 unspecified atom stereocenters. The highest BCUT2D eigenvalue weighted by atomic mass is 35.5. The van der Waals surface area contributed by atoms with E-state index >= 15 is 0 Å². The minimum absolute atomic E-state index is 0.276. The minimum Gasteiger partial charge on any atom is -0.327 e. The van der Waals surface area contributed by atoms with Gasteiger partial charge in [-0.25, -0.2) is 0 Å². The predicted molar refractivity (Wildman–Crippen MR) is 95.6 cm³/mol. The number of nitrogens with zero attached hydrogens (tertiary/aromatic N) is 1. The molecule has 2 N–H and O–H groups in total. The monoisotopic (exact) mass is 334 g/mol. The van der Waals surface area contributed by atoms with E-state index in [1.165, 1.54) is 16.7 Å². The number of rotatable bonds is 4. The van der Waals surface area contributed by atoms with Crippen molar-refractivity contribution in [2.75, 3.05) is 13.1 Å². The Morgan fingerprint density at radius 1 is 1.27 bits per heavy atom. The Labute approximate surface area is 141 Å². The Morgan fingerprint density at radius 3 is 2.86 bits per heavy atom. The molecule has 22 heavy (non-hydrogen) atoms. The number of hydrogen-bond donors (Lipinski definition) is 1. The number of piperidine rings is 1. The maximum absolute atomic E-state index is 6.29. The Balaban J connectivity index is 1.63. The molecule has 1 saturated heterocycles. The first kappa shape index (κ1) is 16.0. The van der Waals surface area contributed by atoms with Gasteiger partial charge < -0.3 is 5.73 Å². The van der Waals surface area contributed by atoms with Gasteiger partial charge in [-0.1, -0.05) is 41.4 Å². The van der Waals surface area contributed by atoms with E-state index in [9.17, 15) is 0 Å². The fourth-order valence-corrected chi connectivity index (χ4v) is 4.40. The molecule has 0 spiro atoms. The third-order valence-corrected chi connectivity index (χ3v) is 5.42. The van der Waals surface area contributed by atoms with Crippen LogP contribution in [0.1, 0.15) is 23.1 Å². The zero-order valence-corrected chi connectivity index (χ0v) is 14.5. The van der Waals surface area contributed by atoms with Crippen LogP contribution in [0.4, 0.5) is 0 Å². The number of hydrogen-bond acceptors (Lipinski definition) is 3. The Hall–Kier alpha value is -0.870. The number of halogens is 1. The summed E-state index contributed by atoms with van der Waals surface area (Å²) in [5.74, 6) is 0.624. The standard InChI is InChI=1S/C18H23ClN2S/c1-13-3-2-4-14(5-13)9-21-10-15(7-17(20)11-21)6-16-8-18(19)22-12-16/h2-5,8,12,15,17H,6-7,9-11,20H2,1H3.